The average Bonchev–Trinajstić information content (AvgIpc) is 2.91. The number of aromatic nitrogens is 2. The Hall–Kier alpha value is -2.32. The highest BCUT2D eigenvalue weighted by Crippen LogP contribution is 2.35. The van der Waals surface area contributed by atoms with Crippen LogP contribution in [0.4, 0.5) is 13.2 Å². The number of nitrogens with one attached hydrogen (secondary N) is 3. The molecule has 1 amide bonds. The summed E-state index contributed by atoms with van der Waals surface area (Å²) in [5, 5.41) is 17.1. The van der Waals surface area contributed by atoms with Crippen molar-refractivity contribution in [3.05, 3.63) is 28.3 Å². The number of carbonyl (C=O) groups is 1. The number of carbonyl (C=O) groups excluding carboxylic acids is 1. The summed E-state index contributed by atoms with van der Waals surface area (Å²) in [5.74, 6) is -0.506. The Morgan fingerprint density at radius 3 is 2.50 bits per heavy atom. The van der Waals surface area contributed by atoms with Crippen LogP contribution in [0, 0.1) is 5.41 Å². The molecule has 2 rings (SSSR count). The molecule has 0 aromatic carbocycles. The summed E-state index contributed by atoms with van der Waals surface area (Å²) >= 11 is 0. The zero-order valence-electron chi connectivity index (χ0n) is 15.2. The molecular weight excluding hydrogens is 347 g/mol. The van der Waals surface area contributed by atoms with Crippen LogP contribution in [0.15, 0.2) is 11.4 Å². The van der Waals surface area contributed by atoms with Gasteiger partial charge >= 0.3 is 6.18 Å². The Morgan fingerprint density at radius 2 is 1.92 bits per heavy atom. The Kier molecular flexibility index (Phi) is 6.09. The number of fused-ring (bicyclic) bond motifs is 1. The SMILES string of the molecule is CCN/C(C)=C(/NC(=O)Cn1nc(C(F)(F)F)c2c1CCCC2)C(C)=N. The van der Waals surface area contributed by atoms with Gasteiger partial charge in [0.1, 0.15) is 6.54 Å². The number of hydrogen-bond acceptors (Lipinski definition) is 4. The molecule has 0 radical (unpaired) electrons. The molecule has 0 atom stereocenters. The lowest BCUT2D eigenvalue weighted by molar-refractivity contribution is -0.142. The van der Waals surface area contributed by atoms with Gasteiger partial charge in [-0.05, 0) is 46.5 Å². The van der Waals surface area contributed by atoms with E-state index in [1.165, 1.54) is 6.92 Å². The fourth-order valence-corrected chi connectivity index (χ4v) is 3.17. The van der Waals surface area contributed by atoms with Crippen LogP contribution in [-0.2, 0) is 30.4 Å². The first-order valence-electron chi connectivity index (χ1n) is 8.61. The van der Waals surface area contributed by atoms with Gasteiger partial charge in [0.05, 0.1) is 11.4 Å². The molecule has 9 heteroatoms. The van der Waals surface area contributed by atoms with Gasteiger partial charge in [0.2, 0.25) is 5.91 Å². The first kappa shape index (κ1) is 20.0. The van der Waals surface area contributed by atoms with Crippen LogP contribution < -0.4 is 10.6 Å². The third-order valence-corrected chi connectivity index (χ3v) is 4.28. The van der Waals surface area contributed by atoms with Gasteiger partial charge in [-0.1, -0.05) is 0 Å². The van der Waals surface area contributed by atoms with E-state index < -0.39 is 17.8 Å². The fourth-order valence-electron chi connectivity index (χ4n) is 3.17. The van der Waals surface area contributed by atoms with Crippen molar-refractivity contribution in [1.82, 2.24) is 20.4 Å². The van der Waals surface area contributed by atoms with E-state index in [1.807, 2.05) is 6.92 Å². The highest BCUT2D eigenvalue weighted by Gasteiger charge is 2.39. The largest absolute Gasteiger partial charge is 0.435 e. The summed E-state index contributed by atoms with van der Waals surface area (Å²) < 4.78 is 40.8. The first-order valence-corrected chi connectivity index (χ1v) is 8.61. The van der Waals surface area contributed by atoms with Gasteiger partial charge in [-0.15, -0.1) is 0 Å². The van der Waals surface area contributed by atoms with Crippen LogP contribution in [0.1, 0.15) is 50.6 Å². The number of alkyl halides is 3. The summed E-state index contributed by atoms with van der Waals surface area (Å²) in [6, 6.07) is 0. The normalized spacial score (nSPS) is 15.2. The van der Waals surface area contributed by atoms with E-state index in [0.717, 1.165) is 11.1 Å². The molecular formula is C17H24F3N5O. The molecule has 1 aromatic heterocycles. The lowest BCUT2D eigenvalue weighted by Crippen LogP contribution is -2.33. The summed E-state index contributed by atoms with van der Waals surface area (Å²) in [6.45, 7) is 5.47. The second-order valence-electron chi connectivity index (χ2n) is 6.34. The van der Waals surface area contributed by atoms with Gasteiger partial charge in [-0.2, -0.15) is 18.3 Å². The maximum atomic E-state index is 13.2. The summed E-state index contributed by atoms with van der Waals surface area (Å²) in [4.78, 5) is 12.4. The molecule has 0 saturated heterocycles. The van der Waals surface area contributed by atoms with Crippen LogP contribution >= 0.6 is 0 Å². The highest BCUT2D eigenvalue weighted by molar-refractivity contribution is 5.99. The standard InChI is InChI=1S/C17H24F3N5O/c1-4-22-11(3)15(10(2)21)23-14(26)9-25-13-8-6-5-7-12(13)16(24-25)17(18,19)20/h21-22H,4-9H2,1-3H3,(H,23,26)/b15-11+,21-10?. The van der Waals surface area contributed by atoms with Crippen molar-refractivity contribution in [2.75, 3.05) is 6.54 Å². The minimum atomic E-state index is -4.53. The topological polar surface area (TPSA) is 82.8 Å². The van der Waals surface area contributed by atoms with Crippen molar-refractivity contribution in [3.63, 3.8) is 0 Å². The van der Waals surface area contributed by atoms with Gasteiger partial charge in [0.25, 0.3) is 0 Å². The zero-order chi connectivity index (χ0) is 19.5. The molecule has 6 nitrogen and oxygen atoms in total. The third kappa shape index (κ3) is 4.44. The van der Waals surface area contributed by atoms with Gasteiger partial charge < -0.3 is 16.0 Å². The van der Waals surface area contributed by atoms with Crippen molar-refractivity contribution >= 4 is 11.6 Å². The molecule has 0 spiro atoms. The Balaban J connectivity index is 2.25. The molecule has 0 unspecified atom stereocenters. The van der Waals surface area contributed by atoms with Gasteiger partial charge in [-0.3, -0.25) is 9.48 Å². The van der Waals surface area contributed by atoms with Crippen LogP contribution in [0.2, 0.25) is 0 Å². The number of nitrogens with zero attached hydrogens (tertiary/aromatic N) is 2. The van der Waals surface area contributed by atoms with Crippen molar-refractivity contribution < 1.29 is 18.0 Å². The van der Waals surface area contributed by atoms with E-state index in [-0.39, 0.29) is 17.8 Å². The Morgan fingerprint density at radius 1 is 1.27 bits per heavy atom. The van der Waals surface area contributed by atoms with Crippen molar-refractivity contribution in [2.45, 2.75) is 59.2 Å². The molecule has 1 aliphatic carbocycles. The molecule has 144 valence electrons. The minimum Gasteiger partial charge on any atom is -0.387 e. The third-order valence-electron chi connectivity index (χ3n) is 4.28. The van der Waals surface area contributed by atoms with Crippen LogP contribution in [0.3, 0.4) is 0 Å². The van der Waals surface area contributed by atoms with Crippen LogP contribution in [0.25, 0.3) is 0 Å². The zero-order valence-corrected chi connectivity index (χ0v) is 15.2. The number of rotatable bonds is 6. The molecule has 26 heavy (non-hydrogen) atoms. The van der Waals surface area contributed by atoms with E-state index in [9.17, 15) is 18.0 Å². The molecule has 0 fully saturated rings. The number of halogens is 3. The predicted octanol–water partition coefficient (Wildman–Crippen LogP) is 2.78. The lowest BCUT2D eigenvalue weighted by atomic mass is 9.95. The Bertz CT molecular complexity index is 733. The van der Waals surface area contributed by atoms with Crippen molar-refractivity contribution in [2.24, 2.45) is 0 Å². The quantitative estimate of drug-likeness (QED) is 0.673. The molecule has 1 heterocycles. The second-order valence-corrected chi connectivity index (χ2v) is 6.34. The molecule has 0 bridgehead atoms. The second kappa shape index (κ2) is 7.92. The molecule has 1 aliphatic rings. The number of allylic oxidation sites excluding steroid dienone is 2. The molecule has 1 aromatic rings. The van der Waals surface area contributed by atoms with Gasteiger partial charge in [0, 0.05) is 23.5 Å². The van der Waals surface area contributed by atoms with Gasteiger partial charge in [-0.25, -0.2) is 0 Å². The van der Waals surface area contributed by atoms with Crippen LogP contribution in [-0.4, -0.2) is 27.9 Å². The van der Waals surface area contributed by atoms with E-state index >= 15 is 0 Å². The van der Waals surface area contributed by atoms with Crippen molar-refractivity contribution in [1.29, 1.82) is 5.41 Å². The molecule has 0 aliphatic heterocycles. The summed E-state index contributed by atoms with van der Waals surface area (Å²) in [7, 11) is 0. The van der Waals surface area contributed by atoms with Gasteiger partial charge in [0.15, 0.2) is 5.69 Å². The maximum absolute atomic E-state index is 13.2. The van der Waals surface area contributed by atoms with Crippen LogP contribution in [0.5, 0.6) is 0 Å². The molecule has 0 saturated carbocycles. The Labute approximate surface area is 150 Å². The fraction of sp³-hybridized carbons (Fsp3) is 0.588. The summed E-state index contributed by atoms with van der Waals surface area (Å²) in [6.07, 6.45) is -2.25. The van der Waals surface area contributed by atoms with E-state index in [1.54, 1.807) is 6.92 Å². The first-order chi connectivity index (χ1) is 12.1. The van der Waals surface area contributed by atoms with E-state index in [2.05, 4.69) is 15.7 Å². The monoisotopic (exact) mass is 371 g/mol. The van der Waals surface area contributed by atoms with E-state index in [0.29, 0.717) is 42.9 Å². The average molecular weight is 371 g/mol. The van der Waals surface area contributed by atoms with Crippen molar-refractivity contribution in [3.8, 4) is 0 Å². The number of hydrogen-bond donors (Lipinski definition) is 3. The van der Waals surface area contributed by atoms with E-state index in [4.69, 9.17) is 5.41 Å². The molecule has 3 N–H and O–H groups in total. The summed E-state index contributed by atoms with van der Waals surface area (Å²) in [5.41, 5.74) is 0.928. The number of amides is 1. The predicted molar refractivity (Wildman–Crippen MR) is 91.8 cm³/mol. The lowest BCUT2D eigenvalue weighted by Gasteiger charge is -2.16. The minimum absolute atomic E-state index is 0.162. The maximum Gasteiger partial charge on any atom is 0.435 e. The highest BCUT2D eigenvalue weighted by atomic mass is 19.4. The smallest absolute Gasteiger partial charge is 0.387 e.